The van der Waals surface area contributed by atoms with Crippen LogP contribution in [0.3, 0.4) is 0 Å². The molecule has 0 radical (unpaired) electrons. The summed E-state index contributed by atoms with van der Waals surface area (Å²) in [7, 11) is 1.35. The van der Waals surface area contributed by atoms with Gasteiger partial charge in [0.05, 0.1) is 30.7 Å². The second kappa shape index (κ2) is 8.26. The second-order valence-corrected chi connectivity index (χ2v) is 5.44. The molecule has 0 saturated carbocycles. The summed E-state index contributed by atoms with van der Waals surface area (Å²) in [5.41, 5.74) is 4.47. The van der Waals surface area contributed by atoms with Crippen molar-refractivity contribution in [2.24, 2.45) is 5.10 Å². The van der Waals surface area contributed by atoms with Crippen molar-refractivity contribution < 1.29 is 23.0 Å². The number of halogens is 2. The van der Waals surface area contributed by atoms with Crippen LogP contribution in [0.5, 0.6) is 11.5 Å². The van der Waals surface area contributed by atoms with E-state index in [0.717, 1.165) is 11.0 Å². The van der Waals surface area contributed by atoms with Gasteiger partial charge < -0.3 is 14.0 Å². The lowest BCUT2D eigenvalue weighted by atomic mass is 10.2. The zero-order valence-corrected chi connectivity index (χ0v) is 14.3. The standard InChI is InChI=1S/C18H16F2N4O3/c1-26-15-7-6-12(8-16(15)27-18(19)20)9-22-23-17(25)10-24-11-21-13-4-2-3-5-14(13)24/h2-9,11,18H,10H2,1H3,(H,23,25)/b22-9-. The Morgan fingerprint density at radius 3 is 2.89 bits per heavy atom. The Morgan fingerprint density at radius 1 is 1.30 bits per heavy atom. The molecule has 1 N–H and O–H groups in total. The number of benzene rings is 2. The van der Waals surface area contributed by atoms with Gasteiger partial charge in [-0.3, -0.25) is 4.79 Å². The minimum absolute atomic E-state index is 0.0419. The number of nitrogens with one attached hydrogen (secondary N) is 1. The van der Waals surface area contributed by atoms with Gasteiger partial charge in [0.25, 0.3) is 5.91 Å². The molecule has 0 saturated heterocycles. The first-order valence-electron chi connectivity index (χ1n) is 7.91. The summed E-state index contributed by atoms with van der Waals surface area (Å²) in [6.07, 6.45) is 2.90. The highest BCUT2D eigenvalue weighted by molar-refractivity contribution is 5.84. The number of carbonyl (C=O) groups is 1. The van der Waals surface area contributed by atoms with Crippen molar-refractivity contribution in [3.05, 3.63) is 54.4 Å². The third-order valence-corrected chi connectivity index (χ3v) is 3.65. The quantitative estimate of drug-likeness (QED) is 0.510. The molecule has 3 aromatic rings. The molecule has 1 amide bonds. The van der Waals surface area contributed by atoms with E-state index in [1.54, 1.807) is 17.0 Å². The maximum atomic E-state index is 12.4. The number of hydrogen-bond acceptors (Lipinski definition) is 5. The zero-order valence-electron chi connectivity index (χ0n) is 14.3. The number of alkyl halides is 2. The first-order chi connectivity index (χ1) is 13.1. The number of para-hydroxylation sites is 2. The van der Waals surface area contributed by atoms with Crippen molar-refractivity contribution in [2.75, 3.05) is 7.11 Å². The Kier molecular flexibility index (Phi) is 5.60. The van der Waals surface area contributed by atoms with Crippen LogP contribution in [0.15, 0.2) is 53.9 Å². The Bertz CT molecular complexity index is 972. The molecule has 1 aromatic heterocycles. The van der Waals surface area contributed by atoms with E-state index >= 15 is 0 Å². The van der Waals surface area contributed by atoms with Crippen LogP contribution >= 0.6 is 0 Å². The molecule has 0 bridgehead atoms. The summed E-state index contributed by atoms with van der Waals surface area (Å²) in [6, 6.07) is 11.8. The first kappa shape index (κ1) is 18.3. The summed E-state index contributed by atoms with van der Waals surface area (Å²) in [5, 5.41) is 3.84. The second-order valence-electron chi connectivity index (χ2n) is 5.44. The van der Waals surface area contributed by atoms with Crippen LogP contribution < -0.4 is 14.9 Å². The van der Waals surface area contributed by atoms with Gasteiger partial charge in [-0.1, -0.05) is 12.1 Å². The highest BCUT2D eigenvalue weighted by atomic mass is 19.3. The highest BCUT2D eigenvalue weighted by Gasteiger charge is 2.11. The van der Waals surface area contributed by atoms with Gasteiger partial charge in [0.2, 0.25) is 0 Å². The number of methoxy groups -OCH3 is 1. The fourth-order valence-corrected chi connectivity index (χ4v) is 2.47. The molecule has 1 heterocycles. The normalized spacial score (nSPS) is 11.3. The van der Waals surface area contributed by atoms with Gasteiger partial charge in [0.1, 0.15) is 6.54 Å². The summed E-state index contributed by atoms with van der Waals surface area (Å²) < 4.78 is 35.9. The third-order valence-electron chi connectivity index (χ3n) is 3.65. The Hall–Kier alpha value is -3.49. The van der Waals surface area contributed by atoms with E-state index in [1.165, 1.54) is 25.5 Å². The van der Waals surface area contributed by atoms with Gasteiger partial charge in [-0.15, -0.1) is 0 Å². The van der Waals surface area contributed by atoms with Gasteiger partial charge in [0.15, 0.2) is 11.5 Å². The molecule has 0 fully saturated rings. The Labute approximate surface area is 153 Å². The van der Waals surface area contributed by atoms with E-state index < -0.39 is 6.61 Å². The summed E-state index contributed by atoms with van der Waals surface area (Å²) in [5.74, 6) is -0.303. The molecule has 27 heavy (non-hydrogen) atoms. The molecule has 0 aliphatic carbocycles. The topological polar surface area (TPSA) is 77.7 Å². The lowest BCUT2D eigenvalue weighted by molar-refractivity contribution is -0.121. The van der Waals surface area contributed by atoms with Crippen molar-refractivity contribution in [1.29, 1.82) is 0 Å². The number of aromatic nitrogens is 2. The highest BCUT2D eigenvalue weighted by Crippen LogP contribution is 2.28. The van der Waals surface area contributed by atoms with Gasteiger partial charge >= 0.3 is 6.61 Å². The summed E-state index contributed by atoms with van der Waals surface area (Å²) in [4.78, 5) is 16.2. The number of amides is 1. The van der Waals surface area contributed by atoms with Crippen LogP contribution in [0.2, 0.25) is 0 Å². The molecule has 7 nitrogen and oxygen atoms in total. The van der Waals surface area contributed by atoms with Gasteiger partial charge in [0, 0.05) is 0 Å². The molecule has 140 valence electrons. The van der Waals surface area contributed by atoms with Crippen molar-refractivity contribution in [3.63, 3.8) is 0 Å². The average Bonchev–Trinajstić information content (AvgIpc) is 3.04. The molecule has 2 aromatic carbocycles. The molecule has 0 aliphatic rings. The number of rotatable bonds is 7. The number of carbonyl (C=O) groups excluding carboxylic acids is 1. The molecule has 3 rings (SSSR count). The number of imidazole rings is 1. The van der Waals surface area contributed by atoms with Crippen molar-refractivity contribution >= 4 is 23.2 Å². The molecule has 0 spiro atoms. The van der Waals surface area contributed by atoms with Crippen LogP contribution in [0.1, 0.15) is 5.56 Å². The Balaban J connectivity index is 1.63. The smallest absolute Gasteiger partial charge is 0.387 e. The maximum Gasteiger partial charge on any atom is 0.387 e. The number of ether oxygens (including phenoxy) is 2. The van der Waals surface area contributed by atoms with Gasteiger partial charge in [-0.05, 0) is 35.9 Å². The predicted octanol–water partition coefficient (Wildman–Crippen LogP) is 2.80. The number of nitrogens with zero attached hydrogens (tertiary/aromatic N) is 3. The van der Waals surface area contributed by atoms with Gasteiger partial charge in [-0.2, -0.15) is 13.9 Å². The van der Waals surface area contributed by atoms with Crippen molar-refractivity contribution in [1.82, 2.24) is 15.0 Å². The molecular weight excluding hydrogens is 358 g/mol. The molecule has 9 heteroatoms. The average molecular weight is 374 g/mol. The third kappa shape index (κ3) is 4.57. The maximum absolute atomic E-state index is 12.4. The SMILES string of the molecule is COc1ccc(/C=N\NC(=O)Cn2cnc3ccccc32)cc1OC(F)F. The molecule has 0 atom stereocenters. The Morgan fingerprint density at radius 2 is 2.11 bits per heavy atom. The lowest BCUT2D eigenvalue weighted by Crippen LogP contribution is -2.22. The summed E-state index contributed by atoms with van der Waals surface area (Å²) in [6.45, 7) is -2.93. The number of hydrogen-bond donors (Lipinski definition) is 1. The largest absolute Gasteiger partial charge is 0.493 e. The van der Waals surface area contributed by atoms with E-state index in [2.05, 4.69) is 20.2 Å². The monoisotopic (exact) mass is 374 g/mol. The van der Waals surface area contributed by atoms with Crippen LogP contribution in [-0.2, 0) is 11.3 Å². The van der Waals surface area contributed by atoms with Crippen LogP contribution in [0, 0.1) is 0 Å². The number of hydrazone groups is 1. The fourth-order valence-electron chi connectivity index (χ4n) is 2.47. The molecule has 0 unspecified atom stereocenters. The molecular formula is C18H16F2N4O3. The van der Waals surface area contributed by atoms with Gasteiger partial charge in [-0.25, -0.2) is 10.4 Å². The van der Waals surface area contributed by atoms with E-state index in [1.807, 2.05) is 24.3 Å². The molecule has 0 aliphatic heterocycles. The predicted molar refractivity (Wildman–Crippen MR) is 95.1 cm³/mol. The van der Waals surface area contributed by atoms with Crippen LogP contribution in [0.4, 0.5) is 8.78 Å². The van der Waals surface area contributed by atoms with Crippen LogP contribution in [-0.4, -0.2) is 35.4 Å². The van der Waals surface area contributed by atoms with Crippen LogP contribution in [0.25, 0.3) is 11.0 Å². The van der Waals surface area contributed by atoms with Crippen molar-refractivity contribution in [2.45, 2.75) is 13.2 Å². The minimum atomic E-state index is -2.98. The fraction of sp³-hybridized carbons (Fsp3) is 0.167. The minimum Gasteiger partial charge on any atom is -0.493 e. The lowest BCUT2D eigenvalue weighted by Gasteiger charge is -2.10. The first-order valence-corrected chi connectivity index (χ1v) is 7.91. The van der Waals surface area contributed by atoms with E-state index in [4.69, 9.17) is 4.74 Å². The number of fused-ring (bicyclic) bond motifs is 1. The van der Waals surface area contributed by atoms with E-state index in [0.29, 0.717) is 5.56 Å². The van der Waals surface area contributed by atoms with E-state index in [-0.39, 0.29) is 24.0 Å². The zero-order chi connectivity index (χ0) is 19.2. The van der Waals surface area contributed by atoms with Crippen molar-refractivity contribution in [3.8, 4) is 11.5 Å². The van der Waals surface area contributed by atoms with E-state index in [9.17, 15) is 13.6 Å². The summed E-state index contributed by atoms with van der Waals surface area (Å²) >= 11 is 0.